The molecule has 0 aliphatic heterocycles. The first kappa shape index (κ1) is 9.23. The van der Waals surface area contributed by atoms with Crippen molar-refractivity contribution in [3.63, 3.8) is 0 Å². The zero-order valence-corrected chi connectivity index (χ0v) is 8.23. The summed E-state index contributed by atoms with van der Waals surface area (Å²) in [7, 11) is 0. The van der Waals surface area contributed by atoms with Gasteiger partial charge in [0, 0.05) is 12.5 Å². The molecule has 0 bridgehead atoms. The number of benzene rings is 1. The first-order valence-electron chi connectivity index (χ1n) is 4.96. The van der Waals surface area contributed by atoms with Gasteiger partial charge in [0.2, 0.25) is 0 Å². The van der Waals surface area contributed by atoms with Crippen molar-refractivity contribution in [3.8, 4) is 6.07 Å². The van der Waals surface area contributed by atoms with Gasteiger partial charge in [0.15, 0.2) is 0 Å². The zero-order chi connectivity index (χ0) is 9.97. The molecule has 2 atom stereocenters. The minimum atomic E-state index is 0.410. The molecule has 72 valence electrons. The molecule has 0 radical (unpaired) electrons. The first-order chi connectivity index (χ1) is 6.85. The van der Waals surface area contributed by atoms with Crippen LogP contribution in [0.3, 0.4) is 0 Å². The molecule has 1 aromatic carbocycles. The van der Waals surface area contributed by atoms with Crippen molar-refractivity contribution >= 4 is 0 Å². The summed E-state index contributed by atoms with van der Waals surface area (Å²) in [4.78, 5) is 0. The third-order valence-corrected chi connectivity index (χ3v) is 2.58. The second-order valence-electron chi connectivity index (χ2n) is 3.57. The van der Waals surface area contributed by atoms with Crippen molar-refractivity contribution in [2.45, 2.75) is 25.4 Å². The Hall–Kier alpha value is -1.33. The Bertz CT molecular complexity index is 350. The van der Waals surface area contributed by atoms with E-state index in [-0.39, 0.29) is 0 Å². The Balaban J connectivity index is 2.02. The number of nitriles is 1. The van der Waals surface area contributed by atoms with Crippen LogP contribution in [-0.2, 0) is 4.74 Å². The van der Waals surface area contributed by atoms with E-state index in [1.165, 1.54) is 5.56 Å². The smallest absolute Gasteiger partial charge is 0.0991 e. The fourth-order valence-corrected chi connectivity index (χ4v) is 1.73. The highest BCUT2D eigenvalue weighted by atomic mass is 16.5. The van der Waals surface area contributed by atoms with Crippen LogP contribution >= 0.6 is 0 Å². The third kappa shape index (κ3) is 1.78. The van der Waals surface area contributed by atoms with Gasteiger partial charge in [-0.1, -0.05) is 12.1 Å². The summed E-state index contributed by atoms with van der Waals surface area (Å²) in [5.74, 6) is 0.558. The van der Waals surface area contributed by atoms with Crippen molar-refractivity contribution in [2.24, 2.45) is 0 Å². The summed E-state index contributed by atoms with van der Waals surface area (Å²) in [6, 6.07) is 9.92. The molecule has 0 unspecified atom stereocenters. The number of ether oxygens (including phenoxy) is 1. The van der Waals surface area contributed by atoms with E-state index in [9.17, 15) is 0 Å². The molecule has 2 nitrogen and oxygen atoms in total. The molecule has 1 saturated carbocycles. The Morgan fingerprint density at radius 2 is 2.14 bits per heavy atom. The van der Waals surface area contributed by atoms with E-state index in [1.54, 1.807) is 0 Å². The Labute approximate surface area is 84.1 Å². The van der Waals surface area contributed by atoms with Crippen molar-refractivity contribution in [1.29, 1.82) is 5.26 Å². The van der Waals surface area contributed by atoms with Crippen LogP contribution in [0.25, 0.3) is 0 Å². The van der Waals surface area contributed by atoms with Gasteiger partial charge in [0.25, 0.3) is 0 Å². The van der Waals surface area contributed by atoms with Gasteiger partial charge < -0.3 is 4.74 Å². The number of nitrogens with zero attached hydrogens (tertiary/aromatic N) is 1. The zero-order valence-electron chi connectivity index (χ0n) is 8.23. The normalized spacial score (nSPS) is 24.3. The maximum atomic E-state index is 8.64. The van der Waals surface area contributed by atoms with Gasteiger partial charge in [-0.3, -0.25) is 0 Å². The van der Waals surface area contributed by atoms with Crippen molar-refractivity contribution in [3.05, 3.63) is 35.4 Å². The summed E-state index contributed by atoms with van der Waals surface area (Å²) >= 11 is 0. The molecule has 1 aromatic rings. The van der Waals surface area contributed by atoms with Crippen molar-refractivity contribution in [1.82, 2.24) is 0 Å². The lowest BCUT2D eigenvalue weighted by molar-refractivity contribution is 0.128. The SMILES string of the molecule is CCO[C@H]1C[C@@H]1c1ccc(C#N)cc1. The average Bonchev–Trinajstić information content (AvgIpc) is 2.98. The molecule has 0 spiro atoms. The van der Waals surface area contributed by atoms with E-state index in [4.69, 9.17) is 10.00 Å². The molecule has 0 N–H and O–H groups in total. The van der Waals surface area contributed by atoms with E-state index in [0.29, 0.717) is 12.0 Å². The van der Waals surface area contributed by atoms with Crippen molar-refractivity contribution < 1.29 is 4.74 Å². The Morgan fingerprint density at radius 1 is 1.43 bits per heavy atom. The lowest BCUT2D eigenvalue weighted by Crippen LogP contribution is -1.95. The minimum Gasteiger partial charge on any atom is -0.378 e. The molecular formula is C12H13NO. The van der Waals surface area contributed by atoms with Gasteiger partial charge in [0.05, 0.1) is 17.7 Å². The summed E-state index contributed by atoms with van der Waals surface area (Å²) in [5, 5.41) is 8.64. The van der Waals surface area contributed by atoms with Gasteiger partial charge in [-0.05, 0) is 31.0 Å². The van der Waals surface area contributed by atoms with Gasteiger partial charge in [0.1, 0.15) is 0 Å². The molecular weight excluding hydrogens is 174 g/mol. The monoisotopic (exact) mass is 187 g/mol. The summed E-state index contributed by atoms with van der Waals surface area (Å²) in [5.41, 5.74) is 2.02. The van der Waals surface area contributed by atoms with Crippen LogP contribution in [0.1, 0.15) is 30.4 Å². The molecule has 0 heterocycles. The van der Waals surface area contributed by atoms with Crippen LogP contribution in [0.2, 0.25) is 0 Å². The van der Waals surface area contributed by atoms with Crippen LogP contribution in [0, 0.1) is 11.3 Å². The molecule has 1 aliphatic carbocycles. The van der Waals surface area contributed by atoms with Gasteiger partial charge in [-0.2, -0.15) is 5.26 Å². The molecule has 0 saturated heterocycles. The molecule has 2 rings (SSSR count). The molecule has 0 aromatic heterocycles. The summed E-state index contributed by atoms with van der Waals surface area (Å²) < 4.78 is 5.51. The summed E-state index contributed by atoms with van der Waals surface area (Å²) in [6.45, 7) is 2.81. The van der Waals surface area contributed by atoms with Gasteiger partial charge in [-0.25, -0.2) is 0 Å². The number of hydrogen-bond donors (Lipinski definition) is 0. The maximum Gasteiger partial charge on any atom is 0.0991 e. The molecule has 14 heavy (non-hydrogen) atoms. The lowest BCUT2D eigenvalue weighted by atomic mass is 10.1. The minimum absolute atomic E-state index is 0.410. The standard InChI is InChI=1S/C12H13NO/c1-2-14-12-7-11(12)10-5-3-9(8-13)4-6-10/h3-6,11-12H,2,7H2,1H3/t11-,12+/m1/s1. The predicted molar refractivity (Wildman–Crippen MR) is 53.9 cm³/mol. The lowest BCUT2D eigenvalue weighted by Gasteiger charge is -2.00. The topological polar surface area (TPSA) is 33.0 Å². The van der Waals surface area contributed by atoms with E-state index in [2.05, 4.69) is 6.07 Å². The first-order valence-corrected chi connectivity index (χ1v) is 4.96. The average molecular weight is 187 g/mol. The third-order valence-electron chi connectivity index (χ3n) is 2.58. The Morgan fingerprint density at radius 3 is 2.71 bits per heavy atom. The highest BCUT2D eigenvalue weighted by Crippen LogP contribution is 2.43. The highest BCUT2D eigenvalue weighted by Gasteiger charge is 2.38. The molecule has 0 amide bonds. The maximum absolute atomic E-state index is 8.64. The second kappa shape index (κ2) is 3.81. The van der Waals surface area contributed by atoms with Crippen LogP contribution in [-0.4, -0.2) is 12.7 Å². The fourth-order valence-electron chi connectivity index (χ4n) is 1.73. The fraction of sp³-hybridized carbons (Fsp3) is 0.417. The predicted octanol–water partition coefficient (Wildman–Crippen LogP) is 2.45. The quantitative estimate of drug-likeness (QED) is 0.728. The Kier molecular flexibility index (Phi) is 2.51. The van der Waals surface area contributed by atoms with Gasteiger partial charge >= 0.3 is 0 Å². The second-order valence-corrected chi connectivity index (χ2v) is 3.57. The van der Waals surface area contributed by atoms with Crippen molar-refractivity contribution in [2.75, 3.05) is 6.61 Å². The largest absolute Gasteiger partial charge is 0.378 e. The molecule has 2 heteroatoms. The van der Waals surface area contributed by atoms with E-state index in [0.717, 1.165) is 18.6 Å². The summed E-state index contributed by atoms with van der Waals surface area (Å²) in [6.07, 6.45) is 1.53. The van der Waals surface area contributed by atoms with Crippen LogP contribution in [0.4, 0.5) is 0 Å². The molecule has 1 fully saturated rings. The highest BCUT2D eigenvalue weighted by molar-refractivity contribution is 5.35. The van der Waals surface area contributed by atoms with Crippen LogP contribution in [0.5, 0.6) is 0 Å². The number of rotatable bonds is 3. The van der Waals surface area contributed by atoms with Crippen LogP contribution < -0.4 is 0 Å². The number of hydrogen-bond acceptors (Lipinski definition) is 2. The van der Waals surface area contributed by atoms with E-state index in [1.807, 2.05) is 31.2 Å². The molecule has 1 aliphatic rings. The van der Waals surface area contributed by atoms with Gasteiger partial charge in [-0.15, -0.1) is 0 Å². The van der Waals surface area contributed by atoms with E-state index >= 15 is 0 Å². The van der Waals surface area contributed by atoms with E-state index < -0.39 is 0 Å². The van der Waals surface area contributed by atoms with Crippen LogP contribution in [0.15, 0.2) is 24.3 Å².